The Bertz CT molecular complexity index is 890. The van der Waals surface area contributed by atoms with E-state index in [0.29, 0.717) is 37.6 Å². The van der Waals surface area contributed by atoms with E-state index < -0.39 is 10.0 Å². The van der Waals surface area contributed by atoms with Crippen molar-refractivity contribution in [2.45, 2.75) is 4.90 Å². The fourth-order valence-electron chi connectivity index (χ4n) is 2.64. The Hall–Kier alpha value is -2.49. The molecule has 0 bridgehead atoms. The van der Waals surface area contributed by atoms with Crippen LogP contribution in [-0.4, -0.2) is 64.0 Å². The number of anilines is 2. The summed E-state index contributed by atoms with van der Waals surface area (Å²) in [5.74, 6) is 0.454. The molecule has 2 heterocycles. The van der Waals surface area contributed by atoms with Crippen LogP contribution in [0, 0.1) is 0 Å². The monoisotopic (exact) mass is 390 g/mol. The van der Waals surface area contributed by atoms with E-state index in [9.17, 15) is 13.2 Å². The number of carbonyl (C=O) groups excluding carboxylic acids is 1. The van der Waals surface area contributed by atoms with Gasteiger partial charge in [0.05, 0.1) is 30.0 Å². The fraction of sp³-hybridized carbons (Fsp3) is 0.333. The lowest BCUT2D eigenvalue weighted by Crippen LogP contribution is -2.40. The Kier molecular flexibility index (Phi) is 5.73. The molecule has 1 aromatic heterocycles. The number of carbonyl (C=O) groups is 1. The van der Waals surface area contributed by atoms with Crippen LogP contribution >= 0.6 is 0 Å². The molecule has 1 saturated heterocycles. The Balaban J connectivity index is 1.70. The van der Waals surface area contributed by atoms with Crippen LogP contribution in [0.4, 0.5) is 11.5 Å². The lowest BCUT2D eigenvalue weighted by atomic mass is 10.2. The minimum absolute atomic E-state index is 0.165. The van der Waals surface area contributed by atoms with E-state index in [-0.39, 0.29) is 10.8 Å². The third-order valence-electron chi connectivity index (χ3n) is 4.19. The maximum Gasteiger partial charge on any atom is 0.255 e. The van der Waals surface area contributed by atoms with E-state index in [1.54, 1.807) is 18.3 Å². The average Bonchev–Trinajstić information content (AvgIpc) is 2.69. The summed E-state index contributed by atoms with van der Waals surface area (Å²) < 4.78 is 31.8. The van der Waals surface area contributed by atoms with Crippen molar-refractivity contribution in [2.75, 3.05) is 50.6 Å². The van der Waals surface area contributed by atoms with Crippen LogP contribution < -0.4 is 10.2 Å². The molecule has 1 N–H and O–H groups in total. The van der Waals surface area contributed by atoms with Crippen LogP contribution in [0.2, 0.25) is 0 Å². The van der Waals surface area contributed by atoms with Gasteiger partial charge in [0.15, 0.2) is 0 Å². The van der Waals surface area contributed by atoms with Gasteiger partial charge in [0, 0.05) is 32.7 Å². The van der Waals surface area contributed by atoms with Gasteiger partial charge in [-0.05, 0) is 36.4 Å². The molecule has 1 aromatic carbocycles. The summed E-state index contributed by atoms with van der Waals surface area (Å²) in [5, 5.41) is 2.75. The second kappa shape index (κ2) is 8.03. The van der Waals surface area contributed by atoms with E-state index in [2.05, 4.69) is 10.3 Å². The summed E-state index contributed by atoms with van der Waals surface area (Å²) >= 11 is 0. The van der Waals surface area contributed by atoms with Gasteiger partial charge in [-0.1, -0.05) is 0 Å². The second-order valence-electron chi connectivity index (χ2n) is 6.29. The van der Waals surface area contributed by atoms with Crippen molar-refractivity contribution in [3.63, 3.8) is 0 Å². The number of nitrogens with one attached hydrogen (secondary N) is 1. The molecule has 0 saturated carbocycles. The van der Waals surface area contributed by atoms with Crippen LogP contribution in [0.5, 0.6) is 0 Å². The Labute approximate surface area is 158 Å². The Morgan fingerprint density at radius 2 is 1.78 bits per heavy atom. The third kappa shape index (κ3) is 4.44. The number of sulfonamides is 1. The summed E-state index contributed by atoms with van der Waals surface area (Å²) in [4.78, 5) is 18.6. The zero-order valence-corrected chi connectivity index (χ0v) is 16.1. The first-order chi connectivity index (χ1) is 12.9. The highest BCUT2D eigenvalue weighted by Gasteiger charge is 2.26. The number of hydrogen-bond acceptors (Lipinski definition) is 6. The largest absolute Gasteiger partial charge is 0.379 e. The van der Waals surface area contributed by atoms with Crippen molar-refractivity contribution in [3.05, 3.63) is 48.2 Å². The first-order valence-electron chi connectivity index (χ1n) is 8.50. The van der Waals surface area contributed by atoms with Crippen molar-refractivity contribution in [2.24, 2.45) is 0 Å². The van der Waals surface area contributed by atoms with Gasteiger partial charge in [0.1, 0.15) is 5.82 Å². The number of morpholine rings is 1. The summed E-state index contributed by atoms with van der Waals surface area (Å²) in [7, 11) is 0.195. The van der Waals surface area contributed by atoms with Crippen molar-refractivity contribution in [1.82, 2.24) is 9.29 Å². The van der Waals surface area contributed by atoms with Gasteiger partial charge in [-0.25, -0.2) is 13.4 Å². The molecular weight excluding hydrogens is 368 g/mol. The van der Waals surface area contributed by atoms with Gasteiger partial charge in [0.25, 0.3) is 5.91 Å². The minimum Gasteiger partial charge on any atom is -0.379 e. The highest BCUT2D eigenvalue weighted by molar-refractivity contribution is 7.89. The maximum atomic E-state index is 12.6. The molecule has 0 spiro atoms. The molecule has 2 aromatic rings. The summed E-state index contributed by atoms with van der Waals surface area (Å²) in [6.07, 6.45) is 1.57. The number of ether oxygens (including phenoxy) is 1. The number of benzene rings is 1. The second-order valence-corrected chi connectivity index (χ2v) is 8.23. The van der Waals surface area contributed by atoms with Crippen LogP contribution in [0.3, 0.4) is 0 Å². The number of aromatic nitrogens is 1. The van der Waals surface area contributed by atoms with Crippen LogP contribution in [0.25, 0.3) is 0 Å². The van der Waals surface area contributed by atoms with Crippen LogP contribution in [0.15, 0.2) is 47.5 Å². The Morgan fingerprint density at radius 1 is 1.11 bits per heavy atom. The molecule has 1 aliphatic heterocycles. The molecule has 8 nitrogen and oxygen atoms in total. The van der Waals surface area contributed by atoms with Gasteiger partial charge >= 0.3 is 0 Å². The van der Waals surface area contributed by atoms with Crippen molar-refractivity contribution in [3.8, 4) is 0 Å². The zero-order valence-electron chi connectivity index (χ0n) is 15.3. The molecule has 27 heavy (non-hydrogen) atoms. The topological polar surface area (TPSA) is 91.8 Å². The van der Waals surface area contributed by atoms with E-state index in [4.69, 9.17) is 4.74 Å². The zero-order chi connectivity index (χ0) is 19.4. The first-order valence-corrected chi connectivity index (χ1v) is 9.94. The molecule has 9 heteroatoms. The first kappa shape index (κ1) is 19.3. The average molecular weight is 390 g/mol. The summed E-state index contributed by atoms with van der Waals surface area (Å²) in [6.45, 7) is 1.45. The molecule has 1 fully saturated rings. The standard InChI is InChI=1S/C18H22N4O4S/c1-21(2)17-8-5-15(13-19-17)20-18(23)14-3-6-16(7-4-14)27(24,25)22-9-11-26-12-10-22/h3-8,13H,9-12H2,1-2H3,(H,20,23). The number of rotatable bonds is 5. The normalized spacial score (nSPS) is 15.3. The molecule has 0 aliphatic carbocycles. The van der Waals surface area contributed by atoms with Crippen LogP contribution in [-0.2, 0) is 14.8 Å². The predicted molar refractivity (Wildman–Crippen MR) is 103 cm³/mol. The quantitative estimate of drug-likeness (QED) is 0.830. The minimum atomic E-state index is -3.57. The van der Waals surface area contributed by atoms with E-state index in [0.717, 1.165) is 5.82 Å². The predicted octanol–water partition coefficient (Wildman–Crippen LogP) is 1.42. The van der Waals surface area contributed by atoms with Crippen LogP contribution in [0.1, 0.15) is 10.4 Å². The molecule has 3 rings (SSSR count). The number of hydrogen-bond donors (Lipinski definition) is 1. The third-order valence-corrected chi connectivity index (χ3v) is 6.10. The maximum absolute atomic E-state index is 12.6. The molecular formula is C18H22N4O4S. The van der Waals surface area contributed by atoms with Crippen molar-refractivity contribution < 1.29 is 17.9 Å². The van der Waals surface area contributed by atoms with E-state index in [1.807, 2.05) is 19.0 Å². The highest BCUT2D eigenvalue weighted by atomic mass is 32.2. The fourth-order valence-corrected chi connectivity index (χ4v) is 4.05. The van der Waals surface area contributed by atoms with E-state index >= 15 is 0 Å². The molecule has 0 unspecified atom stereocenters. The Morgan fingerprint density at radius 3 is 2.33 bits per heavy atom. The molecule has 1 aliphatic rings. The van der Waals surface area contributed by atoms with Gasteiger partial charge in [-0.15, -0.1) is 0 Å². The summed E-state index contributed by atoms with van der Waals surface area (Å²) in [5.41, 5.74) is 0.934. The SMILES string of the molecule is CN(C)c1ccc(NC(=O)c2ccc(S(=O)(=O)N3CCOCC3)cc2)cn1. The number of pyridine rings is 1. The van der Waals surface area contributed by atoms with Gasteiger partial charge in [-0.3, -0.25) is 4.79 Å². The molecule has 144 valence electrons. The number of nitrogens with zero attached hydrogens (tertiary/aromatic N) is 3. The molecule has 0 radical (unpaired) electrons. The molecule has 0 atom stereocenters. The van der Waals surface area contributed by atoms with Gasteiger partial charge in [-0.2, -0.15) is 4.31 Å². The summed E-state index contributed by atoms with van der Waals surface area (Å²) in [6, 6.07) is 9.47. The van der Waals surface area contributed by atoms with Gasteiger partial charge in [0.2, 0.25) is 10.0 Å². The number of amides is 1. The lowest BCUT2D eigenvalue weighted by Gasteiger charge is -2.26. The smallest absolute Gasteiger partial charge is 0.255 e. The lowest BCUT2D eigenvalue weighted by molar-refractivity contribution is 0.0730. The van der Waals surface area contributed by atoms with Gasteiger partial charge < -0.3 is 15.0 Å². The van der Waals surface area contributed by atoms with Crippen molar-refractivity contribution >= 4 is 27.4 Å². The van der Waals surface area contributed by atoms with Crippen molar-refractivity contribution in [1.29, 1.82) is 0 Å². The molecule has 1 amide bonds. The van der Waals surface area contributed by atoms with E-state index in [1.165, 1.54) is 28.6 Å². The highest BCUT2D eigenvalue weighted by Crippen LogP contribution is 2.19.